The van der Waals surface area contributed by atoms with Gasteiger partial charge in [-0.05, 0) is 0 Å². The van der Waals surface area contributed by atoms with Crippen molar-refractivity contribution in [2.24, 2.45) is 5.10 Å². The van der Waals surface area contributed by atoms with Crippen LogP contribution in [0, 0.1) is 0 Å². The summed E-state index contributed by atoms with van der Waals surface area (Å²) in [6, 6.07) is 0. The molecule has 0 aromatic rings. The third kappa shape index (κ3) is 11.4. The number of hydrazone groups is 1. The Morgan fingerprint density at radius 2 is 1.89 bits per heavy atom. The van der Waals surface area contributed by atoms with Crippen LogP contribution in [0.3, 0.4) is 0 Å². The van der Waals surface area contributed by atoms with Crippen LogP contribution < -0.4 is 5.43 Å². The van der Waals surface area contributed by atoms with Crippen molar-refractivity contribution in [3.63, 3.8) is 0 Å². The standard InChI is InChI=1S/C2H4N2S.2C2H6/c1-3-4-2-5-1;2*1-2/h1,4H,2H2;2*1-2H3. The van der Waals surface area contributed by atoms with Crippen LogP contribution in [0.5, 0.6) is 0 Å². The highest BCUT2D eigenvalue weighted by atomic mass is 32.2. The molecule has 0 radical (unpaired) electrons. The molecule has 0 bridgehead atoms. The first-order chi connectivity index (χ1) is 4.50. The second kappa shape index (κ2) is 15.7. The Labute approximate surface area is 62.1 Å². The van der Waals surface area contributed by atoms with E-state index in [0.29, 0.717) is 0 Å². The molecule has 1 aliphatic rings. The van der Waals surface area contributed by atoms with E-state index in [1.807, 2.05) is 27.7 Å². The van der Waals surface area contributed by atoms with Crippen LogP contribution in [0.15, 0.2) is 5.10 Å². The summed E-state index contributed by atoms with van der Waals surface area (Å²) >= 11 is 1.67. The summed E-state index contributed by atoms with van der Waals surface area (Å²) in [5.74, 6) is 0.944. The number of thioether (sulfide) groups is 1. The lowest BCUT2D eigenvalue weighted by Gasteiger charge is -1.75. The normalized spacial score (nSPS) is 12.0. The molecule has 3 heteroatoms. The van der Waals surface area contributed by atoms with E-state index in [1.54, 1.807) is 17.3 Å². The van der Waals surface area contributed by atoms with Gasteiger partial charge in [0.1, 0.15) is 0 Å². The zero-order valence-corrected chi connectivity index (χ0v) is 7.46. The van der Waals surface area contributed by atoms with E-state index in [2.05, 4.69) is 10.5 Å². The van der Waals surface area contributed by atoms with E-state index in [0.717, 1.165) is 5.88 Å². The maximum Gasteiger partial charge on any atom is 0.0840 e. The molecule has 0 unspecified atom stereocenters. The highest BCUT2D eigenvalue weighted by Gasteiger charge is 1.83. The molecule has 1 N–H and O–H groups in total. The van der Waals surface area contributed by atoms with Crippen molar-refractivity contribution in [1.82, 2.24) is 5.43 Å². The minimum absolute atomic E-state index is 0.944. The average molecular weight is 148 g/mol. The molecule has 56 valence electrons. The summed E-state index contributed by atoms with van der Waals surface area (Å²) in [5.41, 5.74) is 4.55. The number of hydrogen-bond donors (Lipinski definition) is 1. The van der Waals surface area contributed by atoms with Gasteiger partial charge in [0, 0.05) is 0 Å². The highest BCUT2D eigenvalue weighted by Crippen LogP contribution is 1.94. The molecule has 2 nitrogen and oxygen atoms in total. The molecule has 0 amide bonds. The van der Waals surface area contributed by atoms with Gasteiger partial charge in [0.2, 0.25) is 0 Å². The first-order valence-corrected chi connectivity index (χ1v) is 4.41. The summed E-state index contributed by atoms with van der Waals surface area (Å²) in [7, 11) is 0. The van der Waals surface area contributed by atoms with Gasteiger partial charge in [-0.15, -0.1) is 0 Å². The second-order valence-electron chi connectivity index (χ2n) is 0.704. The van der Waals surface area contributed by atoms with Gasteiger partial charge in [-0.1, -0.05) is 39.5 Å². The number of hydrogen-bond acceptors (Lipinski definition) is 3. The zero-order chi connectivity index (χ0) is 7.54. The lowest BCUT2D eigenvalue weighted by molar-refractivity contribution is 0.897. The summed E-state index contributed by atoms with van der Waals surface area (Å²) in [6.45, 7) is 8.00. The molecule has 9 heavy (non-hydrogen) atoms. The summed E-state index contributed by atoms with van der Waals surface area (Å²) < 4.78 is 0. The number of nitrogens with one attached hydrogen (secondary N) is 1. The van der Waals surface area contributed by atoms with Crippen LogP contribution >= 0.6 is 11.8 Å². The summed E-state index contributed by atoms with van der Waals surface area (Å²) in [4.78, 5) is 0. The van der Waals surface area contributed by atoms with Crippen LogP contribution in [-0.4, -0.2) is 11.4 Å². The van der Waals surface area contributed by atoms with E-state index in [9.17, 15) is 0 Å². The van der Waals surface area contributed by atoms with E-state index >= 15 is 0 Å². The van der Waals surface area contributed by atoms with E-state index in [1.165, 1.54) is 0 Å². The Morgan fingerprint density at radius 3 is 2.00 bits per heavy atom. The van der Waals surface area contributed by atoms with Crippen LogP contribution in [0.2, 0.25) is 0 Å². The first kappa shape index (κ1) is 11.6. The quantitative estimate of drug-likeness (QED) is 0.570. The monoisotopic (exact) mass is 148 g/mol. The van der Waals surface area contributed by atoms with E-state index < -0.39 is 0 Å². The minimum atomic E-state index is 0.944. The van der Waals surface area contributed by atoms with Crippen molar-refractivity contribution in [2.75, 3.05) is 5.88 Å². The molecular weight excluding hydrogens is 132 g/mol. The molecule has 0 aliphatic carbocycles. The SMILES string of the molecule is C1=NNCS1.CC.CC. The van der Waals surface area contributed by atoms with Gasteiger partial charge in [0.05, 0.1) is 11.4 Å². The fourth-order valence-corrected chi connectivity index (χ4v) is 0.559. The van der Waals surface area contributed by atoms with Gasteiger partial charge in [-0.3, -0.25) is 5.43 Å². The Morgan fingerprint density at radius 1 is 1.33 bits per heavy atom. The molecule has 0 aromatic carbocycles. The molecule has 1 aliphatic heterocycles. The first-order valence-electron chi connectivity index (χ1n) is 3.36. The molecule has 0 spiro atoms. The summed E-state index contributed by atoms with van der Waals surface area (Å²) in [5, 5.41) is 3.67. The van der Waals surface area contributed by atoms with Crippen molar-refractivity contribution in [2.45, 2.75) is 27.7 Å². The van der Waals surface area contributed by atoms with Crippen molar-refractivity contribution in [3.05, 3.63) is 0 Å². The predicted octanol–water partition coefficient (Wildman–Crippen LogP) is 2.28. The Kier molecular flexibility index (Phi) is 20.2. The Balaban J connectivity index is 0. The third-order valence-electron chi connectivity index (χ3n) is 0.366. The van der Waals surface area contributed by atoms with Crippen molar-refractivity contribution >= 4 is 17.3 Å². The van der Waals surface area contributed by atoms with Gasteiger partial charge < -0.3 is 0 Å². The van der Waals surface area contributed by atoms with Gasteiger partial charge >= 0.3 is 0 Å². The molecule has 0 atom stereocenters. The molecular formula is C6H16N2S. The average Bonchev–Trinajstić information content (AvgIpc) is 2.51. The fraction of sp³-hybridized carbons (Fsp3) is 0.833. The van der Waals surface area contributed by atoms with E-state index in [-0.39, 0.29) is 0 Å². The fourth-order valence-electron chi connectivity index (χ4n) is 0.186. The van der Waals surface area contributed by atoms with Gasteiger partial charge in [0.15, 0.2) is 0 Å². The highest BCUT2D eigenvalue weighted by molar-refractivity contribution is 8.12. The second-order valence-corrected chi connectivity index (χ2v) is 1.54. The van der Waals surface area contributed by atoms with Crippen molar-refractivity contribution < 1.29 is 0 Å². The predicted molar refractivity (Wildman–Crippen MR) is 46.8 cm³/mol. The topological polar surface area (TPSA) is 24.4 Å². The van der Waals surface area contributed by atoms with Gasteiger partial charge in [-0.2, -0.15) is 5.10 Å². The maximum atomic E-state index is 3.67. The lowest BCUT2D eigenvalue weighted by atomic mass is 11.0. The third-order valence-corrected chi connectivity index (χ3v) is 0.917. The molecule has 0 fully saturated rings. The lowest BCUT2D eigenvalue weighted by Crippen LogP contribution is -1.93. The Hall–Kier alpha value is -0.180. The smallest absolute Gasteiger partial charge is 0.0840 e. The van der Waals surface area contributed by atoms with Crippen molar-refractivity contribution in [3.8, 4) is 0 Å². The molecule has 0 saturated carbocycles. The van der Waals surface area contributed by atoms with Crippen LogP contribution in [0.4, 0.5) is 0 Å². The van der Waals surface area contributed by atoms with Crippen LogP contribution in [-0.2, 0) is 0 Å². The zero-order valence-electron chi connectivity index (χ0n) is 6.64. The molecule has 0 aromatic heterocycles. The molecule has 0 saturated heterocycles. The molecule has 1 heterocycles. The van der Waals surface area contributed by atoms with Gasteiger partial charge in [0.25, 0.3) is 0 Å². The Bertz CT molecular complexity index is 49.0. The maximum absolute atomic E-state index is 3.67. The summed E-state index contributed by atoms with van der Waals surface area (Å²) in [6.07, 6.45) is 0. The molecule has 1 rings (SSSR count). The number of nitrogens with zero attached hydrogens (tertiary/aromatic N) is 1. The van der Waals surface area contributed by atoms with Crippen molar-refractivity contribution in [1.29, 1.82) is 0 Å². The number of rotatable bonds is 0. The van der Waals surface area contributed by atoms with Crippen LogP contribution in [0.1, 0.15) is 27.7 Å². The van der Waals surface area contributed by atoms with Gasteiger partial charge in [-0.25, -0.2) is 0 Å². The van der Waals surface area contributed by atoms with E-state index in [4.69, 9.17) is 0 Å². The minimum Gasteiger partial charge on any atom is -0.299 e. The van der Waals surface area contributed by atoms with Crippen LogP contribution in [0.25, 0.3) is 0 Å². The largest absolute Gasteiger partial charge is 0.299 e.